The summed E-state index contributed by atoms with van der Waals surface area (Å²) < 4.78 is 5.27. The maximum absolute atomic E-state index is 12.4. The van der Waals surface area contributed by atoms with E-state index in [1.807, 2.05) is 79.7 Å². The summed E-state index contributed by atoms with van der Waals surface area (Å²) in [5.74, 6) is 1.10. The number of rotatable bonds is 6. The minimum atomic E-state index is -0.0151. The lowest BCUT2D eigenvalue weighted by Gasteiger charge is -2.09. The van der Waals surface area contributed by atoms with Crippen LogP contribution in [0.1, 0.15) is 23.1 Å². The first-order valence-corrected chi connectivity index (χ1v) is 11.4. The molecule has 3 aromatic rings. The number of carbonyl (C=O) groups excluding carboxylic acids is 1. The van der Waals surface area contributed by atoms with E-state index in [1.165, 1.54) is 17.3 Å². The van der Waals surface area contributed by atoms with E-state index in [0.717, 1.165) is 39.0 Å². The van der Waals surface area contributed by atoms with Gasteiger partial charge < -0.3 is 10.1 Å². The molecule has 0 aliphatic carbocycles. The first kappa shape index (κ1) is 21.8. The third-order valence-corrected chi connectivity index (χ3v) is 6.08. The van der Waals surface area contributed by atoms with Gasteiger partial charge in [-0.15, -0.1) is 11.8 Å². The summed E-state index contributed by atoms with van der Waals surface area (Å²) in [6.07, 6.45) is 0.566. The molecule has 0 unspecified atom stereocenters. The van der Waals surface area contributed by atoms with Crippen molar-refractivity contribution in [3.8, 4) is 5.75 Å². The molecule has 0 aromatic heterocycles. The van der Waals surface area contributed by atoms with Crippen LogP contribution >= 0.6 is 11.8 Å². The molecule has 0 atom stereocenters. The summed E-state index contributed by atoms with van der Waals surface area (Å²) in [5.41, 5.74) is 5.88. The van der Waals surface area contributed by atoms with Crippen molar-refractivity contribution in [2.24, 2.45) is 9.98 Å². The Morgan fingerprint density at radius 3 is 2.34 bits per heavy atom. The van der Waals surface area contributed by atoms with Crippen molar-refractivity contribution in [2.75, 3.05) is 12.9 Å². The largest absolute Gasteiger partial charge is 0.497 e. The van der Waals surface area contributed by atoms with Gasteiger partial charge in [-0.25, -0.2) is 4.99 Å². The van der Waals surface area contributed by atoms with Crippen LogP contribution in [0.4, 0.5) is 11.4 Å². The lowest BCUT2D eigenvalue weighted by Crippen LogP contribution is -2.25. The number of hydrogen-bond donors (Lipinski definition) is 1. The lowest BCUT2D eigenvalue weighted by atomic mass is 10.1. The smallest absolute Gasteiger partial charge is 0.230 e. The zero-order chi connectivity index (χ0) is 22.3. The van der Waals surface area contributed by atoms with Crippen molar-refractivity contribution in [3.05, 3.63) is 89.5 Å². The Hall–Kier alpha value is -3.38. The van der Waals surface area contributed by atoms with Gasteiger partial charge in [-0.3, -0.25) is 9.79 Å². The Bertz CT molecular complexity index is 1150. The number of hydrogen-bond acceptors (Lipinski definition) is 5. The van der Waals surface area contributed by atoms with Gasteiger partial charge in [0.25, 0.3) is 0 Å². The third-order valence-electron chi connectivity index (χ3n) is 5.10. The molecule has 0 bridgehead atoms. The molecule has 4 rings (SSSR count). The Balaban J connectivity index is 1.45. The number of methoxy groups -OCH3 is 1. The zero-order valence-electron chi connectivity index (χ0n) is 18.2. The average Bonchev–Trinajstić information content (AvgIpc) is 3.02. The van der Waals surface area contributed by atoms with Crippen molar-refractivity contribution in [1.29, 1.82) is 0 Å². The van der Waals surface area contributed by atoms with Crippen molar-refractivity contribution in [2.45, 2.75) is 19.9 Å². The third kappa shape index (κ3) is 5.65. The SMILES string of the molecule is COc1ccc(C2=Nc3ccccc3N=C(SCC(=O)NCc3ccc(C)cc3)C2)cc1. The molecule has 0 saturated carbocycles. The Morgan fingerprint density at radius 2 is 1.66 bits per heavy atom. The molecule has 1 aliphatic heterocycles. The number of aryl methyl sites for hydroxylation is 1. The standard InChI is InChI=1S/C26H25N3O2S/c1-18-7-9-19(10-8-18)16-27-25(30)17-32-26-15-24(20-11-13-21(31-2)14-12-20)28-22-5-3-4-6-23(22)29-26/h3-14H,15-17H2,1-2H3,(H,27,30). The normalized spacial score (nSPS) is 12.8. The first-order chi connectivity index (χ1) is 15.6. The van der Waals surface area contributed by atoms with Crippen LogP contribution in [-0.2, 0) is 11.3 Å². The van der Waals surface area contributed by atoms with E-state index in [-0.39, 0.29) is 5.91 Å². The van der Waals surface area contributed by atoms with Crippen LogP contribution < -0.4 is 10.1 Å². The number of nitrogens with zero attached hydrogens (tertiary/aromatic N) is 2. The lowest BCUT2D eigenvalue weighted by molar-refractivity contribution is -0.118. The fourth-order valence-electron chi connectivity index (χ4n) is 3.30. The molecule has 0 spiro atoms. The van der Waals surface area contributed by atoms with Crippen LogP contribution in [0.15, 0.2) is 82.8 Å². The molecule has 5 nitrogen and oxygen atoms in total. The second-order valence-electron chi connectivity index (χ2n) is 7.51. The minimum Gasteiger partial charge on any atom is -0.497 e. The summed E-state index contributed by atoms with van der Waals surface area (Å²) in [6.45, 7) is 2.57. The molecule has 32 heavy (non-hydrogen) atoms. The van der Waals surface area contributed by atoms with Crippen LogP contribution in [0.2, 0.25) is 0 Å². The molecule has 0 saturated heterocycles. The van der Waals surface area contributed by atoms with Gasteiger partial charge in [0, 0.05) is 13.0 Å². The summed E-state index contributed by atoms with van der Waals surface area (Å²) in [7, 11) is 1.65. The van der Waals surface area contributed by atoms with Crippen molar-refractivity contribution in [1.82, 2.24) is 5.32 Å². The topological polar surface area (TPSA) is 63.1 Å². The number of benzene rings is 3. The highest BCUT2D eigenvalue weighted by molar-refractivity contribution is 8.14. The van der Waals surface area contributed by atoms with E-state index in [2.05, 4.69) is 5.32 Å². The van der Waals surface area contributed by atoms with E-state index in [4.69, 9.17) is 14.7 Å². The molecule has 162 valence electrons. The van der Waals surface area contributed by atoms with Crippen LogP contribution in [0.3, 0.4) is 0 Å². The molecule has 0 radical (unpaired) electrons. The van der Waals surface area contributed by atoms with Gasteiger partial charge in [-0.05, 0) is 54.4 Å². The summed E-state index contributed by atoms with van der Waals surface area (Å²) in [5, 5.41) is 3.86. The van der Waals surface area contributed by atoms with Crippen molar-refractivity contribution >= 4 is 39.8 Å². The van der Waals surface area contributed by atoms with E-state index >= 15 is 0 Å². The summed E-state index contributed by atoms with van der Waals surface area (Å²) in [6, 6.07) is 23.9. The van der Waals surface area contributed by atoms with E-state index < -0.39 is 0 Å². The predicted molar refractivity (Wildman–Crippen MR) is 133 cm³/mol. The number of nitrogens with one attached hydrogen (secondary N) is 1. The Kier molecular flexibility index (Phi) is 7.02. The predicted octanol–water partition coefficient (Wildman–Crippen LogP) is 5.61. The Morgan fingerprint density at radius 1 is 0.969 bits per heavy atom. The van der Waals surface area contributed by atoms with Gasteiger partial charge in [0.2, 0.25) is 5.91 Å². The van der Waals surface area contributed by atoms with Gasteiger partial charge in [-0.1, -0.05) is 42.0 Å². The molecule has 6 heteroatoms. The van der Waals surface area contributed by atoms with E-state index in [1.54, 1.807) is 7.11 Å². The molecule has 1 N–H and O–H groups in total. The number of amides is 1. The number of aliphatic imine (C=N–C) groups is 2. The highest BCUT2D eigenvalue weighted by atomic mass is 32.2. The van der Waals surface area contributed by atoms with E-state index in [0.29, 0.717) is 18.7 Å². The average molecular weight is 444 g/mol. The molecule has 1 heterocycles. The van der Waals surface area contributed by atoms with Gasteiger partial charge in [-0.2, -0.15) is 0 Å². The second-order valence-corrected chi connectivity index (χ2v) is 8.56. The Labute approximate surface area is 192 Å². The quantitative estimate of drug-likeness (QED) is 0.539. The molecular formula is C26H25N3O2S. The molecular weight excluding hydrogens is 418 g/mol. The van der Waals surface area contributed by atoms with Gasteiger partial charge in [0.15, 0.2) is 0 Å². The van der Waals surface area contributed by atoms with Crippen molar-refractivity contribution < 1.29 is 9.53 Å². The number of fused-ring (bicyclic) bond motifs is 1. The molecule has 0 fully saturated rings. The highest BCUT2D eigenvalue weighted by Gasteiger charge is 2.16. The fraction of sp³-hybridized carbons (Fsp3) is 0.192. The van der Waals surface area contributed by atoms with Crippen molar-refractivity contribution in [3.63, 3.8) is 0 Å². The minimum absolute atomic E-state index is 0.0151. The van der Waals surface area contributed by atoms with Crippen LogP contribution in [-0.4, -0.2) is 29.5 Å². The van der Waals surface area contributed by atoms with Crippen LogP contribution in [0.25, 0.3) is 0 Å². The molecule has 1 amide bonds. The van der Waals surface area contributed by atoms with Gasteiger partial charge in [0.05, 0.1) is 35.0 Å². The van der Waals surface area contributed by atoms with E-state index in [9.17, 15) is 4.79 Å². The molecule has 3 aromatic carbocycles. The first-order valence-electron chi connectivity index (χ1n) is 10.4. The monoisotopic (exact) mass is 443 g/mol. The van der Waals surface area contributed by atoms with Gasteiger partial charge >= 0.3 is 0 Å². The maximum Gasteiger partial charge on any atom is 0.230 e. The zero-order valence-corrected chi connectivity index (χ0v) is 19.0. The van der Waals surface area contributed by atoms with Crippen LogP contribution in [0.5, 0.6) is 5.75 Å². The van der Waals surface area contributed by atoms with Gasteiger partial charge in [0.1, 0.15) is 5.75 Å². The maximum atomic E-state index is 12.4. The summed E-state index contributed by atoms with van der Waals surface area (Å²) >= 11 is 1.46. The number of carbonyl (C=O) groups is 1. The highest BCUT2D eigenvalue weighted by Crippen LogP contribution is 2.33. The fourth-order valence-corrected chi connectivity index (χ4v) is 4.10. The number of thioether (sulfide) groups is 1. The number of ether oxygens (including phenoxy) is 1. The number of para-hydroxylation sites is 2. The second kappa shape index (κ2) is 10.3. The molecule has 1 aliphatic rings. The van der Waals surface area contributed by atoms with Crippen LogP contribution in [0, 0.1) is 6.92 Å². The summed E-state index contributed by atoms with van der Waals surface area (Å²) in [4.78, 5) is 22.1.